The summed E-state index contributed by atoms with van der Waals surface area (Å²) in [7, 11) is 0. The minimum Gasteiger partial charge on any atom is -0.120 e. The van der Waals surface area contributed by atoms with Gasteiger partial charge in [-0.05, 0) is 23.8 Å². The number of benzene rings is 1. The van der Waals surface area contributed by atoms with E-state index < -0.39 is 0 Å². The van der Waals surface area contributed by atoms with Gasteiger partial charge in [-0.3, -0.25) is 0 Å². The van der Waals surface area contributed by atoms with Gasteiger partial charge >= 0.3 is 0 Å². The molecule has 0 aromatic heterocycles. The van der Waals surface area contributed by atoms with E-state index in [0.29, 0.717) is 11.4 Å². The molecule has 1 aromatic carbocycles. The van der Waals surface area contributed by atoms with Crippen molar-refractivity contribution in [3.05, 3.63) is 33.3 Å². The third kappa shape index (κ3) is 2.57. The van der Waals surface area contributed by atoms with Crippen LogP contribution in [0.1, 0.15) is 5.56 Å². The topological polar surface area (TPSA) is 0 Å². The molecule has 0 saturated carbocycles. The smallest absolute Gasteiger partial charge is 0.0420 e. The van der Waals surface area contributed by atoms with E-state index in [4.69, 9.17) is 18.0 Å². The first-order valence-electron chi connectivity index (χ1n) is 3.11. The van der Waals surface area contributed by atoms with Crippen molar-refractivity contribution in [3.63, 3.8) is 0 Å². The molecule has 0 unspecified atom stereocenters. The van der Waals surface area contributed by atoms with Gasteiger partial charge in [0.15, 0.2) is 0 Å². The van der Waals surface area contributed by atoms with Gasteiger partial charge in [0.2, 0.25) is 0 Å². The Morgan fingerprint density at radius 3 is 2.73 bits per heavy atom. The molecule has 0 aliphatic rings. The molecule has 0 N–H and O–H groups in total. The fourth-order valence-corrected chi connectivity index (χ4v) is 1.76. The summed E-state index contributed by atoms with van der Waals surface area (Å²) in [5.41, 5.74) is 1.06. The van der Waals surface area contributed by atoms with Crippen molar-refractivity contribution in [2.24, 2.45) is 0 Å². The Hall–Kier alpha value is -0.450. The average molecular weight is 230 g/mol. The second-order valence-corrected chi connectivity index (χ2v) is 3.51. The third-order valence-corrected chi connectivity index (χ3v) is 1.90. The molecular formula is C9H6BrCl. The van der Waals surface area contributed by atoms with Crippen LogP contribution < -0.4 is 0 Å². The summed E-state index contributed by atoms with van der Waals surface area (Å²) in [5.74, 6) is 2.56. The summed E-state index contributed by atoms with van der Waals surface area (Å²) in [6.45, 7) is 0. The van der Waals surface area contributed by atoms with E-state index in [9.17, 15) is 0 Å². The zero-order valence-corrected chi connectivity index (χ0v) is 8.11. The quantitative estimate of drug-likeness (QED) is 0.648. The summed E-state index contributed by atoms with van der Waals surface area (Å²) in [4.78, 5) is 0. The molecule has 0 amide bonds. The SMILES string of the molecule is C#CCc1cc(Cl)cc(Br)c1. The maximum absolute atomic E-state index is 5.79. The van der Waals surface area contributed by atoms with Gasteiger partial charge in [0.05, 0.1) is 0 Å². The number of rotatable bonds is 1. The Labute approximate surface area is 79.7 Å². The van der Waals surface area contributed by atoms with Crippen molar-refractivity contribution in [2.45, 2.75) is 6.42 Å². The molecule has 0 radical (unpaired) electrons. The minimum atomic E-state index is 0.624. The zero-order chi connectivity index (χ0) is 8.27. The van der Waals surface area contributed by atoms with Crippen LogP contribution >= 0.6 is 27.5 Å². The van der Waals surface area contributed by atoms with Crippen LogP contribution in [0, 0.1) is 12.3 Å². The van der Waals surface area contributed by atoms with Crippen LogP contribution in [0.15, 0.2) is 22.7 Å². The normalized spacial score (nSPS) is 9.18. The van der Waals surface area contributed by atoms with Gasteiger partial charge < -0.3 is 0 Å². The number of halogens is 2. The second kappa shape index (κ2) is 3.80. The molecule has 2 heteroatoms. The molecule has 0 aliphatic carbocycles. The van der Waals surface area contributed by atoms with E-state index in [-0.39, 0.29) is 0 Å². The minimum absolute atomic E-state index is 0.624. The predicted molar refractivity (Wildman–Crippen MR) is 51.7 cm³/mol. The van der Waals surface area contributed by atoms with Crippen molar-refractivity contribution in [1.82, 2.24) is 0 Å². The largest absolute Gasteiger partial charge is 0.120 e. The molecule has 11 heavy (non-hydrogen) atoms. The van der Waals surface area contributed by atoms with Crippen LogP contribution in [0.5, 0.6) is 0 Å². The third-order valence-electron chi connectivity index (χ3n) is 1.23. The van der Waals surface area contributed by atoms with Gasteiger partial charge in [0.1, 0.15) is 0 Å². The van der Waals surface area contributed by atoms with E-state index in [1.807, 2.05) is 18.2 Å². The van der Waals surface area contributed by atoms with Crippen LogP contribution in [0.4, 0.5) is 0 Å². The van der Waals surface area contributed by atoms with Gasteiger partial charge in [-0.15, -0.1) is 12.3 Å². The second-order valence-electron chi connectivity index (χ2n) is 2.16. The number of hydrogen-bond acceptors (Lipinski definition) is 0. The first-order valence-corrected chi connectivity index (χ1v) is 4.28. The first-order chi connectivity index (χ1) is 5.22. The highest BCUT2D eigenvalue weighted by molar-refractivity contribution is 9.10. The van der Waals surface area contributed by atoms with Gasteiger partial charge in [0.25, 0.3) is 0 Å². The highest BCUT2D eigenvalue weighted by Crippen LogP contribution is 2.19. The maximum atomic E-state index is 5.79. The monoisotopic (exact) mass is 228 g/mol. The fraction of sp³-hybridized carbons (Fsp3) is 0.111. The zero-order valence-electron chi connectivity index (χ0n) is 5.77. The van der Waals surface area contributed by atoms with Gasteiger partial charge in [-0.2, -0.15) is 0 Å². The number of hydrogen-bond donors (Lipinski definition) is 0. The number of terminal acetylenes is 1. The molecule has 1 rings (SSSR count). The molecule has 0 bridgehead atoms. The van der Waals surface area contributed by atoms with Crippen LogP contribution in [-0.4, -0.2) is 0 Å². The van der Waals surface area contributed by atoms with Gasteiger partial charge in [0, 0.05) is 15.9 Å². The van der Waals surface area contributed by atoms with E-state index in [0.717, 1.165) is 10.0 Å². The highest BCUT2D eigenvalue weighted by Gasteiger charge is 1.95. The van der Waals surface area contributed by atoms with Crippen molar-refractivity contribution in [1.29, 1.82) is 0 Å². The molecule has 56 valence electrons. The molecule has 0 saturated heterocycles. The lowest BCUT2D eigenvalue weighted by Crippen LogP contribution is -1.80. The summed E-state index contributed by atoms with van der Waals surface area (Å²) >= 11 is 9.12. The first kappa shape index (κ1) is 8.64. The van der Waals surface area contributed by atoms with Crippen molar-refractivity contribution >= 4 is 27.5 Å². The fourth-order valence-electron chi connectivity index (χ4n) is 0.831. The van der Waals surface area contributed by atoms with E-state index >= 15 is 0 Å². The van der Waals surface area contributed by atoms with Crippen molar-refractivity contribution in [2.75, 3.05) is 0 Å². The summed E-state index contributed by atoms with van der Waals surface area (Å²) < 4.78 is 0.968. The maximum Gasteiger partial charge on any atom is 0.0420 e. The molecule has 1 aromatic rings. The Morgan fingerprint density at radius 2 is 2.18 bits per heavy atom. The van der Waals surface area contributed by atoms with Gasteiger partial charge in [-0.1, -0.05) is 27.5 Å². The Bertz CT molecular complexity index is 279. The summed E-state index contributed by atoms with van der Waals surface area (Å²) in [6, 6.07) is 5.67. The lowest BCUT2D eigenvalue weighted by Gasteiger charge is -1.97. The molecule has 0 nitrogen and oxygen atoms in total. The van der Waals surface area contributed by atoms with E-state index in [1.165, 1.54) is 0 Å². The van der Waals surface area contributed by atoms with Crippen molar-refractivity contribution in [3.8, 4) is 12.3 Å². The highest BCUT2D eigenvalue weighted by atomic mass is 79.9. The lowest BCUT2D eigenvalue weighted by molar-refractivity contribution is 1.31. The van der Waals surface area contributed by atoms with Gasteiger partial charge in [-0.25, -0.2) is 0 Å². The Morgan fingerprint density at radius 1 is 1.45 bits per heavy atom. The summed E-state index contributed by atoms with van der Waals surface area (Å²) in [5, 5.41) is 0.713. The molecule has 0 fully saturated rings. The molecular weight excluding hydrogens is 223 g/mol. The Kier molecular flexibility index (Phi) is 2.99. The van der Waals surface area contributed by atoms with Crippen LogP contribution in [0.2, 0.25) is 5.02 Å². The molecule has 0 heterocycles. The van der Waals surface area contributed by atoms with Crippen molar-refractivity contribution < 1.29 is 0 Å². The molecule has 0 atom stereocenters. The molecule has 0 aliphatic heterocycles. The standard InChI is InChI=1S/C9H6BrCl/c1-2-3-7-4-8(10)6-9(11)5-7/h1,4-6H,3H2. The average Bonchev–Trinajstić information content (AvgIpc) is 1.85. The van der Waals surface area contributed by atoms with E-state index in [2.05, 4.69) is 21.9 Å². The molecule has 0 spiro atoms. The van der Waals surface area contributed by atoms with E-state index in [1.54, 1.807) is 0 Å². The van der Waals surface area contributed by atoms with Crippen LogP contribution in [0.25, 0.3) is 0 Å². The predicted octanol–water partition coefficient (Wildman–Crippen LogP) is 3.28. The van der Waals surface area contributed by atoms with Crippen LogP contribution in [0.3, 0.4) is 0 Å². The summed E-state index contributed by atoms with van der Waals surface area (Å²) in [6.07, 6.45) is 5.78. The Balaban J connectivity index is 3.01. The lowest BCUT2D eigenvalue weighted by atomic mass is 10.2. The van der Waals surface area contributed by atoms with Crippen LogP contribution in [-0.2, 0) is 6.42 Å².